The van der Waals surface area contributed by atoms with Gasteiger partial charge in [0.25, 0.3) is 0 Å². The second-order valence-corrected chi connectivity index (χ2v) is 3.78. The first-order valence-corrected chi connectivity index (χ1v) is 4.86. The van der Waals surface area contributed by atoms with Crippen molar-refractivity contribution in [2.24, 2.45) is 5.73 Å². The molecule has 70 valence electrons. The molecule has 0 atom stereocenters. The predicted molar refractivity (Wildman–Crippen MR) is 55.7 cm³/mol. The second-order valence-electron chi connectivity index (χ2n) is 3.78. The van der Waals surface area contributed by atoms with Gasteiger partial charge in [0.05, 0.1) is 0 Å². The van der Waals surface area contributed by atoms with Crippen molar-refractivity contribution in [1.82, 2.24) is 0 Å². The van der Waals surface area contributed by atoms with Gasteiger partial charge < -0.3 is 11.1 Å². The number of aryl methyl sites for hydroxylation is 1. The van der Waals surface area contributed by atoms with Crippen LogP contribution in [0.4, 0.5) is 5.69 Å². The fourth-order valence-electron chi connectivity index (χ4n) is 1.48. The Morgan fingerprint density at radius 3 is 2.85 bits per heavy atom. The van der Waals surface area contributed by atoms with Crippen LogP contribution in [0, 0.1) is 6.92 Å². The largest absolute Gasteiger partial charge is 0.382 e. The maximum absolute atomic E-state index is 5.68. The van der Waals surface area contributed by atoms with Crippen molar-refractivity contribution in [2.45, 2.75) is 32.4 Å². The van der Waals surface area contributed by atoms with E-state index < -0.39 is 0 Å². The molecule has 0 radical (unpaired) electrons. The van der Waals surface area contributed by atoms with E-state index in [0.29, 0.717) is 12.6 Å². The highest BCUT2D eigenvalue weighted by atomic mass is 15.0. The Hall–Kier alpha value is -1.02. The third-order valence-electron chi connectivity index (χ3n) is 2.42. The van der Waals surface area contributed by atoms with E-state index >= 15 is 0 Å². The number of nitrogens with two attached hydrogens (primary N) is 1. The van der Waals surface area contributed by atoms with E-state index in [2.05, 4.69) is 30.4 Å². The Morgan fingerprint density at radius 1 is 1.46 bits per heavy atom. The highest BCUT2D eigenvalue weighted by molar-refractivity contribution is 5.53. The molecule has 1 aromatic rings. The van der Waals surface area contributed by atoms with E-state index in [0.717, 1.165) is 0 Å². The van der Waals surface area contributed by atoms with Crippen LogP contribution in [0.2, 0.25) is 0 Å². The molecule has 1 aromatic carbocycles. The number of benzene rings is 1. The van der Waals surface area contributed by atoms with Gasteiger partial charge in [-0.15, -0.1) is 0 Å². The van der Waals surface area contributed by atoms with E-state index in [4.69, 9.17) is 5.73 Å². The molecule has 2 heteroatoms. The van der Waals surface area contributed by atoms with Gasteiger partial charge in [0.1, 0.15) is 0 Å². The zero-order valence-corrected chi connectivity index (χ0v) is 8.01. The van der Waals surface area contributed by atoms with Crippen LogP contribution in [0.1, 0.15) is 24.0 Å². The number of nitrogens with one attached hydrogen (secondary N) is 1. The Balaban J connectivity index is 2.21. The molecule has 0 bridgehead atoms. The smallest absolute Gasteiger partial charge is 0.0388 e. The lowest BCUT2D eigenvalue weighted by Gasteiger charge is -2.10. The van der Waals surface area contributed by atoms with Gasteiger partial charge in [0.2, 0.25) is 0 Å². The summed E-state index contributed by atoms with van der Waals surface area (Å²) < 4.78 is 0. The van der Waals surface area contributed by atoms with Crippen molar-refractivity contribution in [3.8, 4) is 0 Å². The molecule has 13 heavy (non-hydrogen) atoms. The van der Waals surface area contributed by atoms with Crippen molar-refractivity contribution in [3.63, 3.8) is 0 Å². The summed E-state index contributed by atoms with van der Waals surface area (Å²) in [6, 6.07) is 7.12. The standard InChI is InChI=1S/C11H16N2/c1-8-2-5-11(9(6-8)7-12)13-10-3-4-10/h2,5-6,10,13H,3-4,7,12H2,1H3. The van der Waals surface area contributed by atoms with Crippen LogP contribution < -0.4 is 11.1 Å². The summed E-state index contributed by atoms with van der Waals surface area (Å²) in [7, 11) is 0. The molecular formula is C11H16N2. The SMILES string of the molecule is Cc1ccc(NC2CC2)c(CN)c1. The normalized spacial score (nSPS) is 15.8. The molecular weight excluding hydrogens is 160 g/mol. The molecule has 0 aromatic heterocycles. The number of hydrogen-bond acceptors (Lipinski definition) is 2. The lowest BCUT2D eigenvalue weighted by molar-refractivity contribution is 1.05. The van der Waals surface area contributed by atoms with Crippen LogP contribution in [0.5, 0.6) is 0 Å². The Bertz CT molecular complexity index is 303. The maximum Gasteiger partial charge on any atom is 0.0388 e. The Kier molecular flexibility index (Phi) is 2.23. The van der Waals surface area contributed by atoms with E-state index in [-0.39, 0.29) is 0 Å². The molecule has 3 N–H and O–H groups in total. The van der Waals surface area contributed by atoms with Crippen LogP contribution in [0.15, 0.2) is 18.2 Å². The summed E-state index contributed by atoms with van der Waals surface area (Å²) in [6.07, 6.45) is 2.61. The van der Waals surface area contributed by atoms with Crippen LogP contribution in [0.3, 0.4) is 0 Å². The summed E-state index contributed by atoms with van der Waals surface area (Å²) in [6.45, 7) is 2.72. The van der Waals surface area contributed by atoms with Crippen molar-refractivity contribution in [3.05, 3.63) is 29.3 Å². The first kappa shape index (κ1) is 8.57. The minimum absolute atomic E-state index is 0.622. The second kappa shape index (κ2) is 3.38. The van der Waals surface area contributed by atoms with Crippen LogP contribution in [-0.4, -0.2) is 6.04 Å². The minimum atomic E-state index is 0.622. The average Bonchev–Trinajstić information content (AvgIpc) is 2.92. The van der Waals surface area contributed by atoms with Crippen molar-refractivity contribution in [2.75, 3.05) is 5.32 Å². The molecule has 1 aliphatic rings. The monoisotopic (exact) mass is 176 g/mol. The highest BCUT2D eigenvalue weighted by Gasteiger charge is 2.21. The van der Waals surface area contributed by atoms with Gasteiger partial charge in [-0.1, -0.05) is 17.7 Å². The van der Waals surface area contributed by atoms with Crippen molar-refractivity contribution >= 4 is 5.69 Å². The quantitative estimate of drug-likeness (QED) is 0.739. The molecule has 0 heterocycles. The molecule has 2 rings (SSSR count). The maximum atomic E-state index is 5.68. The Morgan fingerprint density at radius 2 is 2.23 bits per heavy atom. The van der Waals surface area contributed by atoms with E-state index in [9.17, 15) is 0 Å². The molecule has 1 saturated carbocycles. The van der Waals surface area contributed by atoms with Gasteiger partial charge >= 0.3 is 0 Å². The predicted octanol–water partition coefficient (Wildman–Crippen LogP) is 2.03. The number of hydrogen-bond donors (Lipinski definition) is 2. The molecule has 2 nitrogen and oxygen atoms in total. The van der Waals surface area contributed by atoms with Crippen LogP contribution in [0.25, 0.3) is 0 Å². The molecule has 1 fully saturated rings. The molecule has 0 saturated heterocycles. The summed E-state index contributed by atoms with van der Waals surface area (Å²) in [5.41, 5.74) is 9.40. The van der Waals surface area contributed by atoms with E-state index in [1.807, 2.05) is 0 Å². The fraction of sp³-hybridized carbons (Fsp3) is 0.455. The number of rotatable bonds is 3. The average molecular weight is 176 g/mol. The third kappa shape index (κ3) is 2.01. The lowest BCUT2D eigenvalue weighted by Crippen LogP contribution is -2.07. The lowest BCUT2D eigenvalue weighted by atomic mass is 10.1. The van der Waals surface area contributed by atoms with E-state index in [1.54, 1.807) is 0 Å². The first-order valence-electron chi connectivity index (χ1n) is 4.86. The van der Waals surface area contributed by atoms with Crippen molar-refractivity contribution < 1.29 is 0 Å². The van der Waals surface area contributed by atoms with Gasteiger partial charge in [0.15, 0.2) is 0 Å². The van der Waals surface area contributed by atoms with Crippen LogP contribution >= 0.6 is 0 Å². The zero-order chi connectivity index (χ0) is 9.26. The highest BCUT2D eigenvalue weighted by Crippen LogP contribution is 2.27. The minimum Gasteiger partial charge on any atom is -0.382 e. The van der Waals surface area contributed by atoms with Gasteiger partial charge in [-0.25, -0.2) is 0 Å². The summed E-state index contributed by atoms with van der Waals surface area (Å²) in [4.78, 5) is 0. The molecule has 0 spiro atoms. The topological polar surface area (TPSA) is 38.0 Å². The first-order chi connectivity index (χ1) is 6.29. The van der Waals surface area contributed by atoms with Gasteiger partial charge in [-0.2, -0.15) is 0 Å². The Labute approximate surface area is 79.1 Å². The molecule has 0 amide bonds. The van der Waals surface area contributed by atoms with Crippen molar-refractivity contribution in [1.29, 1.82) is 0 Å². The number of anilines is 1. The van der Waals surface area contributed by atoms with Crippen LogP contribution in [-0.2, 0) is 6.54 Å². The zero-order valence-electron chi connectivity index (χ0n) is 8.01. The summed E-state index contributed by atoms with van der Waals surface area (Å²) in [5.74, 6) is 0. The van der Waals surface area contributed by atoms with Gasteiger partial charge in [-0.05, 0) is 31.4 Å². The van der Waals surface area contributed by atoms with Gasteiger partial charge in [0, 0.05) is 18.3 Å². The van der Waals surface area contributed by atoms with E-state index in [1.165, 1.54) is 29.7 Å². The fourth-order valence-corrected chi connectivity index (χ4v) is 1.48. The van der Waals surface area contributed by atoms with Gasteiger partial charge in [-0.3, -0.25) is 0 Å². The summed E-state index contributed by atoms with van der Waals surface area (Å²) in [5, 5.41) is 3.48. The molecule has 0 aliphatic heterocycles. The third-order valence-corrected chi connectivity index (χ3v) is 2.42. The summed E-state index contributed by atoms with van der Waals surface area (Å²) >= 11 is 0. The molecule has 0 unspecified atom stereocenters. The molecule has 1 aliphatic carbocycles.